The van der Waals surface area contributed by atoms with E-state index in [1.54, 1.807) is 0 Å². The monoisotopic (exact) mass is 215 g/mol. The predicted molar refractivity (Wildman–Crippen MR) is 62.8 cm³/mol. The molecule has 0 aliphatic carbocycles. The molecule has 0 saturated carbocycles. The second-order valence-electron chi connectivity index (χ2n) is 4.84. The Kier molecular flexibility index (Phi) is 7.39. The van der Waals surface area contributed by atoms with E-state index in [0.29, 0.717) is 12.3 Å². The number of hydrogen-bond donors (Lipinski definition) is 0. The van der Waals surface area contributed by atoms with Gasteiger partial charge in [-0.15, -0.1) is 0 Å². The van der Waals surface area contributed by atoms with Gasteiger partial charge in [0.1, 0.15) is 0 Å². The summed E-state index contributed by atoms with van der Waals surface area (Å²) in [5, 5.41) is 0. The Bertz CT molecular complexity index is 178. The highest BCUT2D eigenvalue weighted by atomic mass is 16.5. The molecule has 0 N–H and O–H groups in total. The zero-order valence-electron chi connectivity index (χ0n) is 10.7. The van der Waals surface area contributed by atoms with Crippen molar-refractivity contribution in [3.63, 3.8) is 0 Å². The average Bonchev–Trinajstić information content (AvgIpc) is 2.00. The van der Waals surface area contributed by atoms with Gasteiger partial charge in [0.05, 0.1) is 6.10 Å². The Morgan fingerprint density at radius 2 is 1.87 bits per heavy atom. The normalized spacial score (nSPS) is 13.3. The lowest BCUT2D eigenvalue weighted by Gasteiger charge is -2.15. The molecule has 0 amide bonds. The quantitative estimate of drug-likeness (QED) is 0.610. The van der Waals surface area contributed by atoms with Crippen LogP contribution in [0.4, 0.5) is 0 Å². The van der Waals surface area contributed by atoms with E-state index in [4.69, 9.17) is 4.74 Å². The van der Waals surface area contributed by atoms with Gasteiger partial charge in [0.25, 0.3) is 0 Å². The summed E-state index contributed by atoms with van der Waals surface area (Å²) in [6.07, 6.45) is 2.40. The lowest BCUT2D eigenvalue weighted by atomic mass is 10.1. The predicted octanol–water partition coefficient (Wildman–Crippen LogP) is 2.31. The summed E-state index contributed by atoms with van der Waals surface area (Å²) in [5.74, 6) is 0.513. The van der Waals surface area contributed by atoms with Gasteiger partial charge in [-0.2, -0.15) is 0 Å². The molecule has 0 spiro atoms. The Morgan fingerprint density at radius 3 is 2.33 bits per heavy atom. The van der Waals surface area contributed by atoms with Crippen LogP contribution in [-0.2, 0) is 9.53 Å². The van der Waals surface area contributed by atoms with E-state index in [9.17, 15) is 4.79 Å². The minimum absolute atomic E-state index is 0.0526. The van der Waals surface area contributed by atoms with Gasteiger partial charge < -0.3 is 9.64 Å². The van der Waals surface area contributed by atoms with Gasteiger partial charge in [0.2, 0.25) is 0 Å². The zero-order chi connectivity index (χ0) is 11.8. The van der Waals surface area contributed by atoms with Gasteiger partial charge in [-0.3, -0.25) is 4.79 Å². The van der Waals surface area contributed by atoms with Crippen molar-refractivity contribution in [1.82, 2.24) is 4.90 Å². The molecule has 0 bridgehead atoms. The van der Waals surface area contributed by atoms with E-state index in [1.807, 2.05) is 21.0 Å². The molecule has 0 aromatic carbocycles. The SMILES string of the molecule is CC(C)CC(C)OC(=O)CCCN(C)C. The summed E-state index contributed by atoms with van der Waals surface area (Å²) in [7, 11) is 4.01. The first-order valence-corrected chi connectivity index (χ1v) is 5.76. The van der Waals surface area contributed by atoms with Crippen molar-refractivity contribution >= 4 is 5.97 Å². The molecule has 0 aliphatic rings. The first-order valence-electron chi connectivity index (χ1n) is 5.76. The van der Waals surface area contributed by atoms with Gasteiger partial charge in [0.15, 0.2) is 0 Å². The maximum Gasteiger partial charge on any atom is 0.306 e. The van der Waals surface area contributed by atoms with Crippen molar-refractivity contribution in [2.45, 2.75) is 46.1 Å². The number of carbonyl (C=O) groups is 1. The lowest BCUT2D eigenvalue weighted by Crippen LogP contribution is -2.19. The smallest absolute Gasteiger partial charge is 0.306 e. The maximum absolute atomic E-state index is 11.4. The van der Waals surface area contributed by atoms with Crippen LogP contribution in [0.25, 0.3) is 0 Å². The van der Waals surface area contributed by atoms with Crippen LogP contribution in [-0.4, -0.2) is 37.6 Å². The van der Waals surface area contributed by atoms with Gasteiger partial charge in [0, 0.05) is 6.42 Å². The number of rotatable bonds is 7. The van der Waals surface area contributed by atoms with Crippen LogP contribution < -0.4 is 0 Å². The van der Waals surface area contributed by atoms with Gasteiger partial charge >= 0.3 is 5.97 Å². The van der Waals surface area contributed by atoms with E-state index in [-0.39, 0.29) is 12.1 Å². The highest BCUT2D eigenvalue weighted by molar-refractivity contribution is 5.69. The van der Waals surface area contributed by atoms with Crippen LogP contribution in [0.1, 0.15) is 40.0 Å². The van der Waals surface area contributed by atoms with Crippen molar-refractivity contribution in [3.05, 3.63) is 0 Å². The molecule has 90 valence electrons. The highest BCUT2D eigenvalue weighted by Gasteiger charge is 2.10. The molecule has 3 nitrogen and oxygen atoms in total. The fraction of sp³-hybridized carbons (Fsp3) is 0.917. The molecule has 0 aromatic heterocycles. The molecule has 0 fully saturated rings. The van der Waals surface area contributed by atoms with Crippen LogP contribution in [0.15, 0.2) is 0 Å². The molecule has 0 aliphatic heterocycles. The number of esters is 1. The molecule has 3 heteroatoms. The molecule has 0 heterocycles. The van der Waals surface area contributed by atoms with Crippen molar-refractivity contribution in [1.29, 1.82) is 0 Å². The largest absolute Gasteiger partial charge is 0.463 e. The highest BCUT2D eigenvalue weighted by Crippen LogP contribution is 2.08. The Morgan fingerprint density at radius 1 is 1.27 bits per heavy atom. The van der Waals surface area contributed by atoms with Crippen molar-refractivity contribution in [2.75, 3.05) is 20.6 Å². The Hall–Kier alpha value is -0.570. The second-order valence-corrected chi connectivity index (χ2v) is 4.84. The third-order valence-electron chi connectivity index (χ3n) is 2.12. The first kappa shape index (κ1) is 14.4. The second kappa shape index (κ2) is 7.69. The molecular weight excluding hydrogens is 190 g/mol. The van der Waals surface area contributed by atoms with Crippen LogP contribution in [0, 0.1) is 5.92 Å². The summed E-state index contributed by atoms with van der Waals surface area (Å²) in [5.41, 5.74) is 0. The first-order chi connectivity index (χ1) is 6.91. The van der Waals surface area contributed by atoms with Gasteiger partial charge in [-0.05, 0) is 46.3 Å². The summed E-state index contributed by atoms with van der Waals surface area (Å²) in [6.45, 7) is 7.17. The van der Waals surface area contributed by atoms with Gasteiger partial charge in [-0.25, -0.2) is 0 Å². The summed E-state index contributed by atoms with van der Waals surface area (Å²) in [4.78, 5) is 13.4. The van der Waals surface area contributed by atoms with E-state index in [1.165, 1.54) is 0 Å². The van der Waals surface area contributed by atoms with Crippen molar-refractivity contribution in [3.8, 4) is 0 Å². The standard InChI is InChI=1S/C12H25NO2/c1-10(2)9-11(3)15-12(14)7-6-8-13(4)5/h10-11H,6-9H2,1-5H3. The van der Waals surface area contributed by atoms with Crippen LogP contribution in [0.2, 0.25) is 0 Å². The van der Waals surface area contributed by atoms with Crippen LogP contribution in [0.5, 0.6) is 0 Å². The summed E-state index contributed by atoms with van der Waals surface area (Å²) in [6, 6.07) is 0. The van der Waals surface area contributed by atoms with Crippen LogP contribution >= 0.6 is 0 Å². The Labute approximate surface area is 93.8 Å². The van der Waals surface area contributed by atoms with Crippen molar-refractivity contribution < 1.29 is 9.53 Å². The number of hydrogen-bond acceptors (Lipinski definition) is 3. The maximum atomic E-state index is 11.4. The van der Waals surface area contributed by atoms with Crippen LogP contribution in [0.3, 0.4) is 0 Å². The van der Waals surface area contributed by atoms with E-state index < -0.39 is 0 Å². The molecule has 15 heavy (non-hydrogen) atoms. The third kappa shape index (κ3) is 9.73. The molecule has 0 rings (SSSR count). The molecule has 0 aromatic rings. The molecule has 1 unspecified atom stereocenters. The van der Waals surface area contributed by atoms with E-state index in [2.05, 4.69) is 18.7 Å². The minimum atomic E-state index is -0.0648. The summed E-state index contributed by atoms with van der Waals surface area (Å²) >= 11 is 0. The topological polar surface area (TPSA) is 29.5 Å². The fourth-order valence-corrected chi connectivity index (χ4v) is 1.53. The lowest BCUT2D eigenvalue weighted by molar-refractivity contribution is -0.149. The molecular formula is C12H25NO2. The van der Waals surface area contributed by atoms with Crippen molar-refractivity contribution in [2.24, 2.45) is 5.92 Å². The third-order valence-corrected chi connectivity index (χ3v) is 2.12. The molecule has 0 radical (unpaired) electrons. The van der Waals surface area contributed by atoms with E-state index >= 15 is 0 Å². The molecule has 1 atom stereocenters. The number of nitrogens with zero attached hydrogens (tertiary/aromatic N) is 1. The summed E-state index contributed by atoms with van der Waals surface area (Å²) < 4.78 is 5.29. The zero-order valence-corrected chi connectivity index (χ0v) is 10.7. The fourth-order valence-electron chi connectivity index (χ4n) is 1.53. The Balaban J connectivity index is 3.55. The average molecular weight is 215 g/mol. The molecule has 0 saturated heterocycles. The van der Waals surface area contributed by atoms with E-state index in [0.717, 1.165) is 19.4 Å². The number of carbonyl (C=O) groups excluding carboxylic acids is 1. The van der Waals surface area contributed by atoms with Gasteiger partial charge in [-0.1, -0.05) is 13.8 Å². The number of ether oxygens (including phenoxy) is 1. The minimum Gasteiger partial charge on any atom is -0.463 e.